The molecule has 82 valence electrons. The maximum Gasteiger partial charge on any atom is 0.237 e. The highest BCUT2D eigenvalue weighted by atomic mass is 32.2. The number of rotatable bonds is 5. The molecule has 1 aliphatic rings. The molecule has 3 N–H and O–H groups in total. The highest BCUT2D eigenvalue weighted by molar-refractivity contribution is 7.98. The average Bonchev–Trinajstić information content (AvgIpc) is 2.59. The molecule has 1 amide bonds. The first-order valence-electron chi connectivity index (χ1n) is 4.92. The fraction of sp³-hybridized carbons (Fsp3) is 0.889. The van der Waals surface area contributed by atoms with Gasteiger partial charge in [-0.3, -0.25) is 4.79 Å². The maximum absolute atomic E-state index is 11.5. The van der Waals surface area contributed by atoms with E-state index in [-0.39, 0.29) is 18.1 Å². The lowest BCUT2D eigenvalue weighted by Gasteiger charge is -2.10. The summed E-state index contributed by atoms with van der Waals surface area (Å²) in [4.78, 5) is 11.5. The second-order valence-corrected chi connectivity index (χ2v) is 4.47. The number of thioether (sulfide) groups is 1. The number of hydrogen-bond acceptors (Lipinski definition) is 4. The van der Waals surface area contributed by atoms with Crippen LogP contribution in [0.3, 0.4) is 0 Å². The number of hydrogen-bond donors (Lipinski definition) is 3. The number of amides is 1. The monoisotopic (exact) mass is 218 g/mol. The average molecular weight is 218 g/mol. The van der Waals surface area contributed by atoms with Crippen molar-refractivity contribution in [2.45, 2.75) is 25.0 Å². The quantitative estimate of drug-likeness (QED) is 0.548. The van der Waals surface area contributed by atoms with Crippen molar-refractivity contribution in [3.8, 4) is 0 Å². The van der Waals surface area contributed by atoms with Crippen LogP contribution in [-0.2, 0) is 4.79 Å². The van der Waals surface area contributed by atoms with Gasteiger partial charge in [-0.2, -0.15) is 11.8 Å². The van der Waals surface area contributed by atoms with Crippen LogP contribution in [0, 0.1) is 0 Å². The van der Waals surface area contributed by atoms with Crippen LogP contribution in [0.15, 0.2) is 0 Å². The summed E-state index contributed by atoms with van der Waals surface area (Å²) >= 11 is 1.78. The van der Waals surface area contributed by atoms with Crippen LogP contribution in [0.25, 0.3) is 0 Å². The summed E-state index contributed by atoms with van der Waals surface area (Å²) in [6.45, 7) is 1.26. The predicted octanol–water partition coefficient (Wildman–Crippen LogP) is -0.422. The lowest BCUT2D eigenvalue weighted by atomic mass is 10.2. The molecule has 0 saturated carbocycles. The fourth-order valence-corrected chi connectivity index (χ4v) is 1.90. The Morgan fingerprint density at radius 2 is 2.50 bits per heavy atom. The molecule has 14 heavy (non-hydrogen) atoms. The second kappa shape index (κ2) is 6.27. The van der Waals surface area contributed by atoms with Crippen LogP contribution in [0.1, 0.15) is 12.8 Å². The summed E-state index contributed by atoms with van der Waals surface area (Å²) in [6, 6.07) is -0.195. The van der Waals surface area contributed by atoms with Crippen LogP contribution in [0.5, 0.6) is 0 Å². The minimum atomic E-state index is -0.364. The molecule has 4 nitrogen and oxygen atoms in total. The summed E-state index contributed by atoms with van der Waals surface area (Å²) in [5.41, 5.74) is 0. The molecule has 1 fully saturated rings. The van der Waals surface area contributed by atoms with Crippen molar-refractivity contribution in [3.05, 3.63) is 0 Å². The molecular formula is C9H18N2O2S. The van der Waals surface area contributed by atoms with E-state index >= 15 is 0 Å². The lowest BCUT2D eigenvalue weighted by Crippen LogP contribution is -2.40. The van der Waals surface area contributed by atoms with Crippen LogP contribution >= 0.6 is 11.8 Å². The van der Waals surface area contributed by atoms with Crippen molar-refractivity contribution in [2.24, 2.45) is 0 Å². The minimum Gasteiger partial charge on any atom is -0.392 e. The Labute approximate surface area is 88.8 Å². The van der Waals surface area contributed by atoms with Crippen LogP contribution < -0.4 is 10.6 Å². The summed E-state index contributed by atoms with van der Waals surface area (Å²) in [5, 5.41) is 15.0. The zero-order valence-corrected chi connectivity index (χ0v) is 9.27. The number of β-amino-alcohol motifs (C(OH)–C–C–N with tert-alkyl or cyclic N) is 1. The third kappa shape index (κ3) is 3.86. The number of carbonyl (C=O) groups excluding carboxylic acids is 1. The molecule has 0 aliphatic carbocycles. The number of carbonyl (C=O) groups is 1. The van der Waals surface area contributed by atoms with Crippen molar-refractivity contribution >= 4 is 17.7 Å². The molecule has 0 aromatic carbocycles. The number of nitrogens with one attached hydrogen (secondary N) is 2. The molecule has 0 bridgehead atoms. The van der Waals surface area contributed by atoms with Crippen molar-refractivity contribution in [1.29, 1.82) is 0 Å². The molecule has 1 aliphatic heterocycles. The molecule has 5 heteroatoms. The Hall–Kier alpha value is -0.260. The standard InChI is InChI=1S/C9H18N2O2S/c1-14-4-2-3-10-9(13)8-5-7(12)6-11-8/h7-8,11-12H,2-6H2,1H3,(H,10,13). The van der Waals surface area contributed by atoms with Gasteiger partial charge in [0.05, 0.1) is 12.1 Å². The van der Waals surface area contributed by atoms with Gasteiger partial charge in [0, 0.05) is 13.1 Å². The Morgan fingerprint density at radius 3 is 3.07 bits per heavy atom. The Bertz CT molecular complexity index is 190. The van der Waals surface area contributed by atoms with Gasteiger partial charge in [-0.1, -0.05) is 0 Å². The van der Waals surface area contributed by atoms with E-state index in [1.165, 1.54) is 0 Å². The van der Waals surface area contributed by atoms with E-state index in [0.717, 1.165) is 18.7 Å². The number of aliphatic hydroxyl groups excluding tert-OH is 1. The molecule has 0 radical (unpaired) electrons. The highest BCUT2D eigenvalue weighted by Gasteiger charge is 2.27. The van der Waals surface area contributed by atoms with E-state index in [2.05, 4.69) is 16.9 Å². The van der Waals surface area contributed by atoms with Gasteiger partial charge < -0.3 is 15.7 Å². The van der Waals surface area contributed by atoms with Gasteiger partial charge in [-0.05, 0) is 24.9 Å². The molecule has 0 spiro atoms. The van der Waals surface area contributed by atoms with E-state index in [0.29, 0.717) is 13.0 Å². The molecule has 2 atom stereocenters. The molecule has 1 rings (SSSR count). The third-order valence-corrected chi connectivity index (χ3v) is 2.95. The Morgan fingerprint density at radius 1 is 1.71 bits per heavy atom. The van der Waals surface area contributed by atoms with Gasteiger partial charge in [0.1, 0.15) is 0 Å². The fourth-order valence-electron chi connectivity index (χ4n) is 1.47. The molecule has 2 unspecified atom stereocenters. The van der Waals surface area contributed by atoms with Gasteiger partial charge >= 0.3 is 0 Å². The first-order chi connectivity index (χ1) is 6.74. The molecular weight excluding hydrogens is 200 g/mol. The Kier molecular flexibility index (Phi) is 5.29. The van der Waals surface area contributed by atoms with Gasteiger partial charge in [0.2, 0.25) is 5.91 Å². The largest absolute Gasteiger partial charge is 0.392 e. The normalized spacial score (nSPS) is 26.4. The second-order valence-electron chi connectivity index (χ2n) is 3.49. The summed E-state index contributed by atoms with van der Waals surface area (Å²) in [5.74, 6) is 1.09. The third-order valence-electron chi connectivity index (χ3n) is 2.25. The van der Waals surface area contributed by atoms with Crippen molar-refractivity contribution in [2.75, 3.05) is 25.1 Å². The first kappa shape index (κ1) is 11.8. The lowest BCUT2D eigenvalue weighted by molar-refractivity contribution is -0.122. The topological polar surface area (TPSA) is 61.4 Å². The van der Waals surface area contributed by atoms with Crippen molar-refractivity contribution < 1.29 is 9.90 Å². The molecule has 1 heterocycles. The van der Waals surface area contributed by atoms with Crippen molar-refractivity contribution in [3.63, 3.8) is 0 Å². The zero-order chi connectivity index (χ0) is 10.4. The van der Waals surface area contributed by atoms with Gasteiger partial charge in [0.25, 0.3) is 0 Å². The maximum atomic E-state index is 11.5. The SMILES string of the molecule is CSCCCNC(=O)C1CC(O)CN1. The van der Waals surface area contributed by atoms with E-state index < -0.39 is 0 Å². The van der Waals surface area contributed by atoms with Gasteiger partial charge in [-0.15, -0.1) is 0 Å². The van der Waals surface area contributed by atoms with E-state index in [1.807, 2.05) is 0 Å². The Balaban J connectivity index is 2.09. The molecule has 0 aromatic heterocycles. The first-order valence-corrected chi connectivity index (χ1v) is 6.31. The van der Waals surface area contributed by atoms with Crippen LogP contribution in [-0.4, -0.2) is 48.3 Å². The molecule has 0 aromatic rings. The van der Waals surface area contributed by atoms with Gasteiger partial charge in [-0.25, -0.2) is 0 Å². The number of aliphatic hydroxyl groups is 1. The summed E-state index contributed by atoms with van der Waals surface area (Å²) in [7, 11) is 0. The summed E-state index contributed by atoms with van der Waals surface area (Å²) < 4.78 is 0. The van der Waals surface area contributed by atoms with Crippen LogP contribution in [0.2, 0.25) is 0 Å². The van der Waals surface area contributed by atoms with Crippen LogP contribution in [0.4, 0.5) is 0 Å². The van der Waals surface area contributed by atoms with E-state index in [9.17, 15) is 9.90 Å². The molecule has 1 saturated heterocycles. The van der Waals surface area contributed by atoms with E-state index in [1.54, 1.807) is 11.8 Å². The zero-order valence-electron chi connectivity index (χ0n) is 8.45. The van der Waals surface area contributed by atoms with Crippen molar-refractivity contribution in [1.82, 2.24) is 10.6 Å². The minimum absolute atomic E-state index is 0.0163. The summed E-state index contributed by atoms with van der Waals surface area (Å²) in [6.07, 6.45) is 3.23. The van der Waals surface area contributed by atoms with Gasteiger partial charge in [0.15, 0.2) is 0 Å². The predicted molar refractivity (Wildman–Crippen MR) is 58.4 cm³/mol. The highest BCUT2D eigenvalue weighted by Crippen LogP contribution is 2.05. The smallest absolute Gasteiger partial charge is 0.237 e. The van der Waals surface area contributed by atoms with E-state index in [4.69, 9.17) is 0 Å².